The number of rotatable bonds is 3. The second-order valence-corrected chi connectivity index (χ2v) is 7.82. The molecule has 124 valence electrons. The Morgan fingerprint density at radius 1 is 1.20 bits per heavy atom. The first-order chi connectivity index (χ1) is 12.1. The molecule has 0 saturated carbocycles. The predicted octanol–water partition coefficient (Wildman–Crippen LogP) is 5.01. The fraction of sp³-hybridized carbons (Fsp3) is 0.0556. The van der Waals surface area contributed by atoms with Crippen molar-refractivity contribution in [3.05, 3.63) is 72.9 Å². The van der Waals surface area contributed by atoms with E-state index in [9.17, 15) is 4.79 Å². The van der Waals surface area contributed by atoms with Crippen molar-refractivity contribution in [3.8, 4) is 11.3 Å². The molecule has 3 heterocycles. The Hall–Kier alpha value is -2.28. The van der Waals surface area contributed by atoms with E-state index in [4.69, 9.17) is 11.6 Å². The number of fused-ring (bicyclic) bond motifs is 1. The Morgan fingerprint density at radius 3 is 2.72 bits per heavy atom. The minimum Gasteiger partial charge on any atom is -0.267 e. The van der Waals surface area contributed by atoms with E-state index < -0.39 is 0 Å². The molecule has 0 fully saturated rings. The maximum absolute atomic E-state index is 12.8. The number of aryl methyl sites for hydroxylation is 1. The van der Waals surface area contributed by atoms with E-state index in [1.807, 2.05) is 48.7 Å². The lowest BCUT2D eigenvalue weighted by atomic mass is 10.2. The average Bonchev–Trinajstić information content (AvgIpc) is 3.24. The van der Waals surface area contributed by atoms with Gasteiger partial charge in [-0.3, -0.25) is 4.79 Å². The zero-order chi connectivity index (χ0) is 17.4. The van der Waals surface area contributed by atoms with Crippen LogP contribution in [0.5, 0.6) is 0 Å². The highest BCUT2D eigenvalue weighted by molar-refractivity contribution is 7.15. The van der Waals surface area contributed by atoms with Crippen molar-refractivity contribution in [2.75, 3.05) is 0 Å². The van der Waals surface area contributed by atoms with Crippen molar-refractivity contribution in [1.82, 2.24) is 14.4 Å². The van der Waals surface area contributed by atoms with Crippen molar-refractivity contribution in [1.29, 1.82) is 0 Å². The highest BCUT2D eigenvalue weighted by Crippen LogP contribution is 2.26. The summed E-state index contributed by atoms with van der Waals surface area (Å²) in [6, 6.07) is 9.74. The third kappa shape index (κ3) is 3.04. The molecule has 0 aliphatic heterocycles. The second kappa shape index (κ2) is 6.55. The van der Waals surface area contributed by atoms with Gasteiger partial charge in [0.2, 0.25) is 0 Å². The van der Waals surface area contributed by atoms with E-state index in [-0.39, 0.29) is 10.6 Å². The number of nitrogens with zero attached hydrogens (tertiary/aromatic N) is 3. The molecule has 0 N–H and O–H groups in total. The second-order valence-electron chi connectivity index (χ2n) is 5.34. The number of thiazole rings is 2. The molecule has 4 aromatic rings. The fourth-order valence-corrected chi connectivity index (χ4v) is 4.26. The van der Waals surface area contributed by atoms with Gasteiger partial charge in [-0.2, -0.15) is 0 Å². The lowest BCUT2D eigenvalue weighted by Crippen LogP contribution is -2.16. The minimum atomic E-state index is -0.257. The van der Waals surface area contributed by atoms with Gasteiger partial charge in [-0.15, -0.1) is 22.7 Å². The third-order valence-electron chi connectivity index (χ3n) is 3.65. The van der Waals surface area contributed by atoms with Crippen LogP contribution in [-0.2, 0) is 0 Å². The van der Waals surface area contributed by atoms with Crippen LogP contribution in [0.25, 0.3) is 28.4 Å². The van der Waals surface area contributed by atoms with E-state index in [0.717, 1.165) is 21.1 Å². The topological polar surface area (TPSA) is 47.3 Å². The smallest absolute Gasteiger partial charge is 0.267 e. The van der Waals surface area contributed by atoms with Crippen LogP contribution >= 0.6 is 34.3 Å². The van der Waals surface area contributed by atoms with Crippen LogP contribution in [0.15, 0.2) is 46.7 Å². The molecule has 4 nitrogen and oxygen atoms in total. The average molecular weight is 386 g/mol. The SMILES string of the molecule is Cc1ncc(/C=C/c2nc3scc(-c4ccccc4)n3c(=O)c2Cl)s1. The molecule has 0 bridgehead atoms. The molecule has 0 radical (unpaired) electrons. The Balaban J connectivity index is 1.83. The van der Waals surface area contributed by atoms with Crippen LogP contribution in [0, 0.1) is 6.92 Å². The largest absolute Gasteiger partial charge is 0.278 e. The van der Waals surface area contributed by atoms with Gasteiger partial charge < -0.3 is 0 Å². The molecule has 1 aromatic carbocycles. The van der Waals surface area contributed by atoms with Gasteiger partial charge in [0.25, 0.3) is 5.56 Å². The number of hydrogen-bond acceptors (Lipinski definition) is 5. The Labute approximate surface area is 156 Å². The monoisotopic (exact) mass is 385 g/mol. The van der Waals surface area contributed by atoms with Crippen molar-refractivity contribution in [3.63, 3.8) is 0 Å². The van der Waals surface area contributed by atoms with Crippen LogP contribution in [0.1, 0.15) is 15.6 Å². The molecule has 0 saturated heterocycles. The summed E-state index contributed by atoms with van der Waals surface area (Å²) in [5, 5.41) is 3.03. The van der Waals surface area contributed by atoms with Crippen LogP contribution in [0.4, 0.5) is 0 Å². The van der Waals surface area contributed by atoms with Gasteiger partial charge in [0.05, 0.1) is 16.4 Å². The maximum Gasteiger partial charge on any atom is 0.278 e. The van der Waals surface area contributed by atoms with Gasteiger partial charge in [0, 0.05) is 16.5 Å². The van der Waals surface area contributed by atoms with Crippen LogP contribution in [0.2, 0.25) is 5.02 Å². The summed E-state index contributed by atoms with van der Waals surface area (Å²) in [5.41, 5.74) is 1.97. The van der Waals surface area contributed by atoms with Gasteiger partial charge in [0.15, 0.2) is 4.96 Å². The first kappa shape index (κ1) is 16.2. The summed E-state index contributed by atoms with van der Waals surface area (Å²) in [6.07, 6.45) is 5.42. The van der Waals surface area contributed by atoms with Gasteiger partial charge in [-0.05, 0) is 24.6 Å². The predicted molar refractivity (Wildman–Crippen MR) is 106 cm³/mol. The lowest BCUT2D eigenvalue weighted by molar-refractivity contribution is 1.08. The lowest BCUT2D eigenvalue weighted by Gasteiger charge is -2.03. The molecule has 0 aliphatic carbocycles. The molecular formula is C18H12ClN3OS2. The van der Waals surface area contributed by atoms with Gasteiger partial charge >= 0.3 is 0 Å². The van der Waals surface area contributed by atoms with Crippen LogP contribution < -0.4 is 5.56 Å². The highest BCUT2D eigenvalue weighted by Gasteiger charge is 2.14. The van der Waals surface area contributed by atoms with E-state index in [1.54, 1.807) is 28.0 Å². The Kier molecular flexibility index (Phi) is 4.25. The number of benzene rings is 1. The molecule has 4 rings (SSSR count). The standard InChI is InChI=1S/C18H12ClN3OS2/c1-11-20-9-13(25-11)7-8-14-16(19)17(23)22-15(10-24-18(22)21-14)12-5-3-2-4-6-12/h2-10H,1H3/b8-7+. The molecule has 3 aromatic heterocycles. The quantitative estimate of drug-likeness (QED) is 0.498. The van der Waals surface area contributed by atoms with Gasteiger partial charge in [-0.1, -0.05) is 41.9 Å². The Bertz CT molecular complexity index is 1140. The fourth-order valence-electron chi connectivity index (χ4n) is 2.48. The first-order valence-corrected chi connectivity index (χ1v) is 9.56. The molecule has 7 heteroatoms. The van der Waals surface area contributed by atoms with E-state index in [0.29, 0.717) is 10.7 Å². The molecule has 0 amide bonds. The summed E-state index contributed by atoms with van der Waals surface area (Å²) in [6.45, 7) is 1.95. The zero-order valence-corrected chi connectivity index (χ0v) is 15.5. The molecule has 0 unspecified atom stereocenters. The molecule has 0 atom stereocenters. The van der Waals surface area contributed by atoms with E-state index in [1.165, 1.54) is 11.3 Å². The third-order valence-corrected chi connectivity index (χ3v) is 5.71. The van der Waals surface area contributed by atoms with Crippen molar-refractivity contribution in [2.45, 2.75) is 6.92 Å². The summed E-state index contributed by atoms with van der Waals surface area (Å²) in [4.78, 5) is 23.1. The number of aromatic nitrogens is 3. The van der Waals surface area contributed by atoms with Crippen LogP contribution in [-0.4, -0.2) is 14.4 Å². The van der Waals surface area contributed by atoms with Gasteiger partial charge in [0.1, 0.15) is 5.02 Å². The summed E-state index contributed by atoms with van der Waals surface area (Å²) in [7, 11) is 0. The number of halogens is 1. The van der Waals surface area contributed by atoms with E-state index in [2.05, 4.69) is 9.97 Å². The molecule has 25 heavy (non-hydrogen) atoms. The van der Waals surface area contributed by atoms with Crippen LogP contribution in [0.3, 0.4) is 0 Å². The summed E-state index contributed by atoms with van der Waals surface area (Å²) in [5.74, 6) is 0. The van der Waals surface area contributed by atoms with E-state index >= 15 is 0 Å². The molecular weight excluding hydrogens is 374 g/mol. The first-order valence-electron chi connectivity index (χ1n) is 7.49. The highest BCUT2D eigenvalue weighted by atomic mass is 35.5. The molecule has 0 aliphatic rings. The maximum atomic E-state index is 12.8. The van der Waals surface area contributed by atoms with Gasteiger partial charge in [-0.25, -0.2) is 14.4 Å². The number of hydrogen-bond donors (Lipinski definition) is 0. The summed E-state index contributed by atoms with van der Waals surface area (Å²) < 4.78 is 1.57. The van der Waals surface area contributed by atoms with Crippen molar-refractivity contribution < 1.29 is 0 Å². The normalized spacial score (nSPS) is 11.6. The Morgan fingerprint density at radius 2 is 2.00 bits per heavy atom. The molecule has 0 spiro atoms. The van der Waals surface area contributed by atoms with Crippen molar-refractivity contribution >= 4 is 51.4 Å². The minimum absolute atomic E-state index is 0.116. The zero-order valence-electron chi connectivity index (χ0n) is 13.1. The summed E-state index contributed by atoms with van der Waals surface area (Å²) >= 11 is 9.30. The van der Waals surface area contributed by atoms with Crippen molar-refractivity contribution in [2.24, 2.45) is 0 Å².